The van der Waals surface area contributed by atoms with Crippen molar-refractivity contribution in [3.63, 3.8) is 0 Å². The maximum Gasteiger partial charge on any atom is 0.149 e. The van der Waals surface area contributed by atoms with Crippen molar-refractivity contribution in [2.45, 2.75) is 26.7 Å². The number of halogens is 1. The van der Waals surface area contributed by atoms with Gasteiger partial charge in [0.2, 0.25) is 0 Å². The van der Waals surface area contributed by atoms with Gasteiger partial charge in [0.1, 0.15) is 16.8 Å². The summed E-state index contributed by atoms with van der Waals surface area (Å²) in [6.45, 7) is 6.10. The van der Waals surface area contributed by atoms with Gasteiger partial charge in [0.05, 0.1) is 11.2 Å². The first kappa shape index (κ1) is 14.6. The van der Waals surface area contributed by atoms with E-state index in [9.17, 15) is 5.26 Å². The monoisotopic (exact) mass is 287 g/mol. The van der Waals surface area contributed by atoms with Crippen LogP contribution in [0, 0.1) is 11.3 Å². The van der Waals surface area contributed by atoms with Crippen molar-refractivity contribution < 1.29 is 0 Å². The molecule has 1 aromatic carbocycles. The van der Waals surface area contributed by atoms with E-state index in [1.807, 2.05) is 24.3 Å². The molecule has 0 spiro atoms. The second-order valence-corrected chi connectivity index (χ2v) is 5.10. The van der Waals surface area contributed by atoms with Crippen LogP contribution >= 0.6 is 11.6 Å². The molecule has 0 bridgehead atoms. The Labute approximate surface area is 124 Å². The van der Waals surface area contributed by atoms with Gasteiger partial charge in [0, 0.05) is 18.5 Å². The minimum atomic E-state index is 0.290. The number of hydrogen-bond acceptors (Lipinski definition) is 3. The molecule has 0 atom stereocenters. The number of nitriles is 1. The van der Waals surface area contributed by atoms with Gasteiger partial charge in [-0.1, -0.05) is 43.6 Å². The Hall–Kier alpha value is -1.79. The van der Waals surface area contributed by atoms with Crippen molar-refractivity contribution >= 4 is 28.2 Å². The minimum Gasteiger partial charge on any atom is -0.370 e. The molecule has 4 heteroatoms. The minimum absolute atomic E-state index is 0.290. The molecule has 2 aromatic rings. The summed E-state index contributed by atoms with van der Waals surface area (Å²) in [5.41, 5.74) is 2.24. The first-order valence-corrected chi connectivity index (χ1v) is 7.34. The van der Waals surface area contributed by atoms with Crippen molar-refractivity contribution in [2.24, 2.45) is 0 Å². The second kappa shape index (κ2) is 6.58. The summed E-state index contributed by atoms with van der Waals surface area (Å²) in [5.74, 6) is 0. The zero-order valence-corrected chi connectivity index (χ0v) is 12.6. The lowest BCUT2D eigenvalue weighted by Gasteiger charge is -2.26. The normalized spacial score (nSPS) is 10.5. The molecule has 0 N–H and O–H groups in total. The van der Waals surface area contributed by atoms with Crippen LogP contribution in [0.1, 0.15) is 32.3 Å². The van der Waals surface area contributed by atoms with Crippen LogP contribution in [-0.4, -0.2) is 18.1 Å². The van der Waals surface area contributed by atoms with Gasteiger partial charge >= 0.3 is 0 Å². The second-order valence-electron chi connectivity index (χ2n) is 4.74. The Morgan fingerprint density at radius 1 is 1.20 bits per heavy atom. The van der Waals surface area contributed by atoms with Gasteiger partial charge in [0.25, 0.3) is 0 Å². The zero-order chi connectivity index (χ0) is 14.5. The number of hydrogen-bond donors (Lipinski definition) is 0. The molecule has 3 nitrogen and oxygen atoms in total. The fourth-order valence-electron chi connectivity index (χ4n) is 2.47. The summed E-state index contributed by atoms with van der Waals surface area (Å²) in [6, 6.07) is 10.1. The third-order valence-electron chi connectivity index (χ3n) is 3.24. The zero-order valence-electron chi connectivity index (χ0n) is 11.9. The van der Waals surface area contributed by atoms with E-state index in [4.69, 9.17) is 11.6 Å². The highest BCUT2D eigenvalue weighted by atomic mass is 35.5. The lowest BCUT2D eigenvalue weighted by atomic mass is 10.1. The molecule has 0 fully saturated rings. The first-order chi connectivity index (χ1) is 9.72. The summed E-state index contributed by atoms with van der Waals surface area (Å²) in [4.78, 5) is 6.57. The van der Waals surface area contributed by atoms with E-state index in [1.165, 1.54) is 0 Å². The lowest BCUT2D eigenvalue weighted by Crippen LogP contribution is -2.26. The smallest absolute Gasteiger partial charge is 0.149 e. The van der Waals surface area contributed by atoms with E-state index in [0.717, 1.165) is 42.5 Å². The van der Waals surface area contributed by atoms with Crippen molar-refractivity contribution in [3.05, 3.63) is 35.0 Å². The van der Waals surface area contributed by atoms with E-state index < -0.39 is 0 Å². The highest BCUT2D eigenvalue weighted by molar-refractivity contribution is 6.31. The van der Waals surface area contributed by atoms with Gasteiger partial charge in [-0.25, -0.2) is 4.98 Å². The van der Waals surface area contributed by atoms with Gasteiger partial charge < -0.3 is 4.90 Å². The van der Waals surface area contributed by atoms with E-state index in [-0.39, 0.29) is 0 Å². The lowest BCUT2D eigenvalue weighted by molar-refractivity contribution is 0.746. The summed E-state index contributed by atoms with van der Waals surface area (Å²) >= 11 is 6.19. The van der Waals surface area contributed by atoms with Crippen LogP contribution in [0.4, 0.5) is 5.69 Å². The Morgan fingerprint density at radius 3 is 2.45 bits per heavy atom. The Bertz CT molecular complexity index is 640. The van der Waals surface area contributed by atoms with Crippen LogP contribution in [0.5, 0.6) is 0 Å². The quantitative estimate of drug-likeness (QED) is 0.766. The molecule has 20 heavy (non-hydrogen) atoms. The maximum absolute atomic E-state index is 9.44. The standard InChI is InChI=1S/C16H18ClN3/c1-3-9-20(10-4-2)15-12-7-5-6-8-14(12)19-16(17)13(15)11-18/h5-8H,3-4,9-10H2,1-2H3. The number of nitrogens with zero attached hydrogens (tertiary/aromatic N) is 3. The topological polar surface area (TPSA) is 39.9 Å². The maximum atomic E-state index is 9.44. The average molecular weight is 288 g/mol. The number of para-hydroxylation sites is 1. The summed E-state index contributed by atoms with van der Waals surface area (Å²) in [5, 5.41) is 10.7. The van der Waals surface area contributed by atoms with Crippen LogP contribution in [0.25, 0.3) is 10.9 Å². The molecule has 0 aliphatic heterocycles. The summed E-state index contributed by atoms with van der Waals surface area (Å²) < 4.78 is 0. The van der Waals surface area contributed by atoms with E-state index in [0.29, 0.717) is 10.7 Å². The molecule has 0 radical (unpaired) electrons. The molecule has 0 amide bonds. The van der Waals surface area contributed by atoms with Crippen LogP contribution < -0.4 is 4.90 Å². The van der Waals surface area contributed by atoms with Gasteiger partial charge in [0.15, 0.2) is 0 Å². The predicted octanol–water partition coefficient (Wildman–Crippen LogP) is 4.39. The van der Waals surface area contributed by atoms with Crippen molar-refractivity contribution in [1.82, 2.24) is 4.98 Å². The van der Waals surface area contributed by atoms with Crippen LogP contribution in [0.2, 0.25) is 5.15 Å². The molecule has 2 rings (SSSR count). The molecule has 0 aliphatic carbocycles. The fourth-order valence-corrected chi connectivity index (χ4v) is 2.69. The van der Waals surface area contributed by atoms with Crippen molar-refractivity contribution in [3.8, 4) is 6.07 Å². The van der Waals surface area contributed by atoms with Gasteiger partial charge in [-0.05, 0) is 18.9 Å². The van der Waals surface area contributed by atoms with Crippen LogP contribution in [0.3, 0.4) is 0 Å². The molecule has 104 valence electrons. The van der Waals surface area contributed by atoms with Crippen molar-refractivity contribution in [1.29, 1.82) is 5.26 Å². The van der Waals surface area contributed by atoms with E-state index in [2.05, 4.69) is 29.8 Å². The van der Waals surface area contributed by atoms with E-state index >= 15 is 0 Å². The Morgan fingerprint density at radius 2 is 1.85 bits per heavy atom. The number of fused-ring (bicyclic) bond motifs is 1. The van der Waals surface area contributed by atoms with Crippen LogP contribution in [-0.2, 0) is 0 Å². The SMILES string of the molecule is CCCN(CCC)c1c(C#N)c(Cl)nc2ccccc12. The molecule has 0 aliphatic rings. The summed E-state index contributed by atoms with van der Waals surface area (Å²) in [7, 11) is 0. The van der Waals surface area contributed by atoms with E-state index in [1.54, 1.807) is 0 Å². The van der Waals surface area contributed by atoms with Gasteiger partial charge in [-0.15, -0.1) is 0 Å². The third kappa shape index (κ3) is 2.71. The highest BCUT2D eigenvalue weighted by Gasteiger charge is 2.18. The predicted molar refractivity (Wildman–Crippen MR) is 84.3 cm³/mol. The molecule has 1 aromatic heterocycles. The molecule has 1 heterocycles. The Balaban J connectivity index is 2.72. The molecule has 0 saturated heterocycles. The summed E-state index contributed by atoms with van der Waals surface area (Å²) in [6.07, 6.45) is 2.05. The first-order valence-electron chi connectivity index (χ1n) is 6.96. The largest absolute Gasteiger partial charge is 0.370 e. The number of benzene rings is 1. The number of rotatable bonds is 5. The highest BCUT2D eigenvalue weighted by Crippen LogP contribution is 2.33. The molecular weight excluding hydrogens is 270 g/mol. The molecular formula is C16H18ClN3. The average Bonchev–Trinajstić information content (AvgIpc) is 2.45. The number of anilines is 1. The molecule has 0 unspecified atom stereocenters. The molecule has 0 saturated carbocycles. The van der Waals surface area contributed by atoms with Crippen molar-refractivity contribution in [2.75, 3.05) is 18.0 Å². The number of pyridine rings is 1. The third-order valence-corrected chi connectivity index (χ3v) is 3.51. The fraction of sp³-hybridized carbons (Fsp3) is 0.375. The Kier molecular flexibility index (Phi) is 4.81. The number of aromatic nitrogens is 1. The van der Waals surface area contributed by atoms with Crippen LogP contribution in [0.15, 0.2) is 24.3 Å². The van der Waals surface area contributed by atoms with Gasteiger partial charge in [-0.2, -0.15) is 5.26 Å². The van der Waals surface area contributed by atoms with Gasteiger partial charge in [-0.3, -0.25) is 0 Å².